The molecule has 3 N–H and O–H groups in total. The highest BCUT2D eigenvalue weighted by Gasteiger charge is 2.50. The number of hydrogen-bond donors (Lipinski definition) is 2. The normalized spacial score (nSPS) is 15.9. The Balaban J connectivity index is 2.06. The Morgan fingerprint density at radius 1 is 1.41 bits per heavy atom. The minimum Gasteiger partial charge on any atom is -0.399 e. The molecule has 0 radical (unpaired) electrons. The molecule has 1 amide bonds. The number of benzene rings is 1. The third kappa shape index (κ3) is 2.26. The highest BCUT2D eigenvalue weighted by molar-refractivity contribution is 5.91. The van der Waals surface area contributed by atoms with Crippen molar-refractivity contribution in [1.82, 2.24) is 5.32 Å². The molecule has 17 heavy (non-hydrogen) atoms. The molecule has 88 valence electrons. The Hall–Kier alpha value is -1.95. The van der Waals surface area contributed by atoms with Gasteiger partial charge in [-0.15, -0.1) is 12.3 Å². The van der Waals surface area contributed by atoms with Crippen LogP contribution in [0, 0.1) is 12.3 Å². The molecule has 0 aromatic heterocycles. The first kappa shape index (κ1) is 11.5. The number of hydrogen-bond acceptors (Lipinski definition) is 2. The van der Waals surface area contributed by atoms with Crippen LogP contribution >= 0.6 is 0 Å². The van der Waals surface area contributed by atoms with Gasteiger partial charge in [0.25, 0.3) is 0 Å². The summed E-state index contributed by atoms with van der Waals surface area (Å²) in [5.74, 6) is 2.59. The molecule has 1 aliphatic carbocycles. The predicted molar refractivity (Wildman–Crippen MR) is 68.2 cm³/mol. The number of nitrogen functional groups attached to an aromatic ring is 1. The van der Waals surface area contributed by atoms with Crippen LogP contribution in [0.2, 0.25) is 0 Å². The molecule has 0 aliphatic heterocycles. The number of nitrogens with one attached hydrogen (secondary N) is 1. The molecule has 0 spiro atoms. The van der Waals surface area contributed by atoms with Crippen LogP contribution < -0.4 is 11.1 Å². The van der Waals surface area contributed by atoms with Gasteiger partial charge in [-0.05, 0) is 30.5 Å². The maximum atomic E-state index is 12.1. The van der Waals surface area contributed by atoms with Crippen LogP contribution in [-0.4, -0.2) is 12.5 Å². The first-order valence-electron chi connectivity index (χ1n) is 5.77. The van der Waals surface area contributed by atoms with E-state index in [1.807, 2.05) is 24.3 Å². The Kier molecular flexibility index (Phi) is 3.06. The first-order valence-corrected chi connectivity index (χ1v) is 5.77. The predicted octanol–water partition coefficient (Wildman–Crippen LogP) is 1.44. The summed E-state index contributed by atoms with van der Waals surface area (Å²) in [5, 5.41) is 2.89. The molecule has 1 aliphatic rings. The third-order valence-electron chi connectivity index (χ3n) is 3.20. The van der Waals surface area contributed by atoms with E-state index in [4.69, 9.17) is 12.2 Å². The van der Waals surface area contributed by atoms with Crippen LogP contribution in [0.3, 0.4) is 0 Å². The van der Waals surface area contributed by atoms with Gasteiger partial charge in [0.15, 0.2) is 0 Å². The molecule has 1 aromatic rings. The highest BCUT2D eigenvalue weighted by Crippen LogP contribution is 2.48. The van der Waals surface area contributed by atoms with Crippen LogP contribution in [0.5, 0.6) is 0 Å². The Labute approximate surface area is 101 Å². The number of carbonyl (C=O) groups excluding carboxylic acids is 1. The number of rotatable bonds is 4. The van der Waals surface area contributed by atoms with Gasteiger partial charge in [0.05, 0.1) is 5.41 Å². The van der Waals surface area contributed by atoms with Crippen molar-refractivity contribution < 1.29 is 4.79 Å². The summed E-state index contributed by atoms with van der Waals surface area (Å²) in [5.41, 5.74) is 7.08. The van der Waals surface area contributed by atoms with E-state index in [1.54, 1.807) is 0 Å². The third-order valence-corrected chi connectivity index (χ3v) is 3.20. The molecule has 1 saturated carbocycles. The van der Waals surface area contributed by atoms with Crippen LogP contribution in [0.25, 0.3) is 0 Å². The van der Waals surface area contributed by atoms with Crippen molar-refractivity contribution in [3.05, 3.63) is 29.8 Å². The average molecular weight is 228 g/mol. The van der Waals surface area contributed by atoms with Crippen molar-refractivity contribution in [2.75, 3.05) is 12.3 Å². The summed E-state index contributed by atoms with van der Waals surface area (Å²) >= 11 is 0. The summed E-state index contributed by atoms with van der Waals surface area (Å²) in [6, 6.07) is 7.54. The minimum absolute atomic E-state index is 0.0810. The molecule has 0 heterocycles. The maximum Gasteiger partial charge on any atom is 0.230 e. The first-order chi connectivity index (χ1) is 8.19. The fourth-order valence-electron chi connectivity index (χ4n) is 1.99. The zero-order chi connectivity index (χ0) is 12.3. The topological polar surface area (TPSA) is 55.1 Å². The Bertz CT molecular complexity index is 452. The van der Waals surface area contributed by atoms with Gasteiger partial charge in [-0.1, -0.05) is 12.1 Å². The second-order valence-electron chi connectivity index (χ2n) is 4.41. The zero-order valence-corrected chi connectivity index (χ0v) is 9.70. The lowest BCUT2D eigenvalue weighted by Crippen LogP contribution is -2.35. The van der Waals surface area contributed by atoms with E-state index in [-0.39, 0.29) is 11.3 Å². The second-order valence-corrected chi connectivity index (χ2v) is 4.41. The molecule has 3 heteroatoms. The van der Waals surface area contributed by atoms with Crippen LogP contribution in [0.4, 0.5) is 5.69 Å². The minimum atomic E-state index is -0.331. The van der Waals surface area contributed by atoms with E-state index >= 15 is 0 Å². The van der Waals surface area contributed by atoms with Gasteiger partial charge in [-0.3, -0.25) is 4.79 Å². The summed E-state index contributed by atoms with van der Waals surface area (Å²) in [6.45, 7) is 0.548. The molecule has 0 saturated heterocycles. The summed E-state index contributed by atoms with van der Waals surface area (Å²) in [4.78, 5) is 12.1. The van der Waals surface area contributed by atoms with Gasteiger partial charge in [0.1, 0.15) is 0 Å². The van der Waals surface area contributed by atoms with Crippen molar-refractivity contribution in [2.24, 2.45) is 0 Å². The van der Waals surface area contributed by atoms with Crippen molar-refractivity contribution in [2.45, 2.75) is 24.7 Å². The number of nitrogens with two attached hydrogens (primary N) is 1. The SMILES string of the molecule is C#CCCNC(=O)C1(c2ccc(N)cc2)CC1. The molecule has 3 nitrogen and oxygen atoms in total. The number of carbonyl (C=O) groups is 1. The van der Waals surface area contributed by atoms with Gasteiger partial charge < -0.3 is 11.1 Å². The molecular weight excluding hydrogens is 212 g/mol. The van der Waals surface area contributed by atoms with Crippen molar-refractivity contribution in [1.29, 1.82) is 0 Å². The zero-order valence-electron chi connectivity index (χ0n) is 9.70. The number of anilines is 1. The van der Waals surface area contributed by atoms with Crippen molar-refractivity contribution in [3.63, 3.8) is 0 Å². The van der Waals surface area contributed by atoms with E-state index in [0.29, 0.717) is 13.0 Å². The van der Waals surface area contributed by atoms with E-state index in [0.717, 1.165) is 24.1 Å². The van der Waals surface area contributed by atoms with E-state index in [9.17, 15) is 4.79 Å². The van der Waals surface area contributed by atoms with E-state index < -0.39 is 0 Å². The monoisotopic (exact) mass is 228 g/mol. The fraction of sp³-hybridized carbons (Fsp3) is 0.357. The molecular formula is C14H16N2O. The van der Waals surface area contributed by atoms with Gasteiger partial charge in [0, 0.05) is 18.7 Å². The highest BCUT2D eigenvalue weighted by atomic mass is 16.2. The molecule has 2 rings (SSSR count). The molecule has 1 fully saturated rings. The standard InChI is InChI=1S/C14H16N2O/c1-2-3-10-16-13(17)14(8-9-14)11-4-6-12(15)7-5-11/h1,4-7H,3,8-10,15H2,(H,16,17). The molecule has 0 atom stereocenters. The maximum absolute atomic E-state index is 12.1. The summed E-state index contributed by atoms with van der Waals surface area (Å²) in [7, 11) is 0. The molecule has 0 unspecified atom stereocenters. The van der Waals surface area contributed by atoms with E-state index in [1.165, 1.54) is 0 Å². The lowest BCUT2D eigenvalue weighted by Gasteiger charge is -2.15. The fourth-order valence-corrected chi connectivity index (χ4v) is 1.99. The van der Waals surface area contributed by atoms with E-state index in [2.05, 4.69) is 11.2 Å². The molecule has 1 aromatic carbocycles. The lowest BCUT2D eigenvalue weighted by atomic mass is 9.95. The van der Waals surface area contributed by atoms with Gasteiger partial charge in [-0.2, -0.15) is 0 Å². The summed E-state index contributed by atoms with van der Waals surface area (Å²) in [6.07, 6.45) is 7.53. The number of amides is 1. The average Bonchev–Trinajstić information content (AvgIpc) is 3.11. The van der Waals surface area contributed by atoms with Gasteiger partial charge >= 0.3 is 0 Å². The Morgan fingerprint density at radius 3 is 2.59 bits per heavy atom. The second kappa shape index (κ2) is 4.50. The molecule has 0 bridgehead atoms. The van der Waals surface area contributed by atoms with Crippen LogP contribution in [0.1, 0.15) is 24.8 Å². The Morgan fingerprint density at radius 2 is 2.06 bits per heavy atom. The summed E-state index contributed by atoms with van der Waals surface area (Å²) < 4.78 is 0. The van der Waals surface area contributed by atoms with Crippen molar-refractivity contribution in [3.8, 4) is 12.3 Å². The lowest BCUT2D eigenvalue weighted by molar-refractivity contribution is -0.123. The quantitative estimate of drug-likeness (QED) is 0.465. The number of terminal acetylenes is 1. The van der Waals surface area contributed by atoms with Gasteiger partial charge in [0.2, 0.25) is 5.91 Å². The van der Waals surface area contributed by atoms with Crippen LogP contribution in [-0.2, 0) is 10.2 Å². The van der Waals surface area contributed by atoms with Gasteiger partial charge in [-0.25, -0.2) is 0 Å². The smallest absolute Gasteiger partial charge is 0.230 e. The largest absolute Gasteiger partial charge is 0.399 e. The van der Waals surface area contributed by atoms with Crippen LogP contribution in [0.15, 0.2) is 24.3 Å². The van der Waals surface area contributed by atoms with Crippen molar-refractivity contribution >= 4 is 11.6 Å².